The number of rotatable bonds is 3. The third kappa shape index (κ3) is 3.93. The van der Waals surface area contributed by atoms with Crippen LogP contribution in [0.1, 0.15) is 0 Å². The Balaban J connectivity index is 0.000001000. The smallest absolute Gasteiger partial charge is 0.547 e. The molecule has 0 radical (unpaired) electrons. The monoisotopic (exact) mass is 140 g/mol. The van der Waals surface area contributed by atoms with E-state index in [1.165, 1.54) is 0 Å². The van der Waals surface area contributed by atoms with Crippen molar-refractivity contribution < 1.29 is 23.6 Å². The fourth-order valence-electron chi connectivity index (χ4n) is 0.622. The van der Waals surface area contributed by atoms with Crippen molar-refractivity contribution in [1.29, 1.82) is 0 Å². The first-order valence-corrected chi connectivity index (χ1v) is 3.13. The van der Waals surface area contributed by atoms with Gasteiger partial charge in [-0.2, -0.15) is 18.2 Å². The summed E-state index contributed by atoms with van der Waals surface area (Å²) in [5.41, 5.74) is 0. The van der Waals surface area contributed by atoms with Crippen LogP contribution in [-0.2, 0) is 0 Å². The minimum Gasteiger partial charge on any atom is -0.547 e. The first kappa shape index (κ1) is 10.4. The Morgan fingerprint density at radius 2 is 2.45 bits per heavy atom. The molecule has 1 aromatic carbocycles. The van der Waals surface area contributed by atoms with E-state index in [-0.39, 0.29) is 18.9 Å². The zero-order chi connectivity index (χ0) is 7.23. The summed E-state index contributed by atoms with van der Waals surface area (Å²) in [5, 5.41) is 0. The third-order valence-corrected chi connectivity index (χ3v) is 1.05. The molecule has 0 atom stereocenters. The Morgan fingerprint density at radius 1 is 1.64 bits per heavy atom. The average molecular weight is 140 g/mol. The van der Waals surface area contributed by atoms with Gasteiger partial charge in [-0.3, -0.25) is 0 Å². The molecule has 0 saturated heterocycles. The van der Waals surface area contributed by atoms with Gasteiger partial charge in [0.2, 0.25) is 0 Å². The molecule has 0 aliphatic rings. The fourth-order valence-corrected chi connectivity index (χ4v) is 0.622. The quantitative estimate of drug-likeness (QED) is 0.299. The zero-order valence-corrected chi connectivity index (χ0v) is 6.71. The molecule has 0 aromatic heterocycles. The standard InChI is InChI=1S/C9H9O.Li/c1-2-8-10-9-6-4-3-5-7-9;/h2-4,6-7H,1,8H2;/q-1;+1. The molecule has 0 unspecified atom stereocenters. The van der Waals surface area contributed by atoms with Crippen molar-refractivity contribution in [2.45, 2.75) is 0 Å². The molecule has 52 valence electrons. The van der Waals surface area contributed by atoms with Gasteiger partial charge in [0.1, 0.15) is 0 Å². The largest absolute Gasteiger partial charge is 1.00 e. The van der Waals surface area contributed by atoms with Crippen molar-refractivity contribution >= 4 is 0 Å². The molecule has 0 heterocycles. The van der Waals surface area contributed by atoms with Gasteiger partial charge < -0.3 is 4.74 Å². The Bertz CT molecular complexity index is 196. The van der Waals surface area contributed by atoms with Gasteiger partial charge in [-0.05, 0) is 0 Å². The van der Waals surface area contributed by atoms with Crippen LogP contribution >= 0.6 is 0 Å². The summed E-state index contributed by atoms with van der Waals surface area (Å²) in [6.07, 6.45) is 1.72. The van der Waals surface area contributed by atoms with E-state index in [1.807, 2.05) is 18.2 Å². The Labute approximate surface area is 79.2 Å². The van der Waals surface area contributed by atoms with Gasteiger partial charge >= 0.3 is 18.9 Å². The van der Waals surface area contributed by atoms with Crippen molar-refractivity contribution in [1.82, 2.24) is 0 Å². The van der Waals surface area contributed by atoms with E-state index in [0.29, 0.717) is 6.61 Å². The van der Waals surface area contributed by atoms with Crippen molar-refractivity contribution in [2.24, 2.45) is 0 Å². The zero-order valence-electron chi connectivity index (χ0n) is 6.71. The summed E-state index contributed by atoms with van der Waals surface area (Å²) in [4.78, 5) is 0. The van der Waals surface area contributed by atoms with Gasteiger partial charge in [-0.25, -0.2) is 0 Å². The first-order chi connectivity index (χ1) is 4.93. The van der Waals surface area contributed by atoms with Crippen molar-refractivity contribution in [3.05, 3.63) is 43.0 Å². The van der Waals surface area contributed by atoms with Crippen LogP contribution in [0.5, 0.6) is 5.75 Å². The van der Waals surface area contributed by atoms with Gasteiger partial charge in [0.25, 0.3) is 0 Å². The second-order valence-electron chi connectivity index (χ2n) is 1.84. The average Bonchev–Trinajstić information content (AvgIpc) is 2.03. The maximum absolute atomic E-state index is 5.21. The summed E-state index contributed by atoms with van der Waals surface area (Å²) in [6.45, 7) is 4.09. The molecule has 0 bridgehead atoms. The van der Waals surface area contributed by atoms with Crippen LogP contribution < -0.4 is 23.6 Å². The molecule has 1 aromatic rings. The van der Waals surface area contributed by atoms with Gasteiger partial charge in [0.05, 0.1) is 6.61 Å². The third-order valence-electron chi connectivity index (χ3n) is 1.05. The molecule has 1 rings (SSSR count). The molecule has 0 saturated carbocycles. The summed E-state index contributed by atoms with van der Waals surface area (Å²) >= 11 is 0. The fraction of sp³-hybridized carbons (Fsp3) is 0.111. The second-order valence-corrected chi connectivity index (χ2v) is 1.84. The molecule has 2 heteroatoms. The SMILES string of the molecule is C=CCOc1c[c-]ccc1.[Li+]. The normalized spacial score (nSPS) is 8.00. The Kier molecular flexibility index (Phi) is 5.74. The van der Waals surface area contributed by atoms with E-state index >= 15 is 0 Å². The van der Waals surface area contributed by atoms with E-state index in [9.17, 15) is 0 Å². The second kappa shape index (κ2) is 6.09. The van der Waals surface area contributed by atoms with Crippen LogP contribution in [0, 0.1) is 6.07 Å². The Morgan fingerprint density at radius 3 is 3.00 bits per heavy atom. The van der Waals surface area contributed by atoms with E-state index < -0.39 is 0 Å². The van der Waals surface area contributed by atoms with Crippen LogP contribution in [0.4, 0.5) is 0 Å². The van der Waals surface area contributed by atoms with E-state index in [1.54, 1.807) is 12.1 Å². The van der Waals surface area contributed by atoms with E-state index in [2.05, 4.69) is 12.6 Å². The number of hydrogen-bond acceptors (Lipinski definition) is 1. The maximum Gasteiger partial charge on any atom is 1.00 e. The number of hydrogen-bond donors (Lipinski definition) is 0. The van der Waals surface area contributed by atoms with Gasteiger partial charge in [-0.1, -0.05) is 12.7 Å². The van der Waals surface area contributed by atoms with Crippen LogP contribution in [0.3, 0.4) is 0 Å². The molecule has 0 fully saturated rings. The van der Waals surface area contributed by atoms with E-state index in [0.717, 1.165) is 5.75 Å². The molecule has 0 spiro atoms. The molecular formula is C9H9LiO. The summed E-state index contributed by atoms with van der Waals surface area (Å²) in [5.74, 6) is 0.836. The molecule has 0 N–H and O–H groups in total. The van der Waals surface area contributed by atoms with Crippen LogP contribution in [-0.4, -0.2) is 6.61 Å². The van der Waals surface area contributed by atoms with E-state index in [4.69, 9.17) is 4.74 Å². The molecule has 0 amide bonds. The number of ether oxygens (including phenoxy) is 1. The van der Waals surface area contributed by atoms with Crippen molar-refractivity contribution in [3.63, 3.8) is 0 Å². The Hall–Kier alpha value is -0.643. The minimum absolute atomic E-state index is 0. The van der Waals surface area contributed by atoms with Crippen LogP contribution in [0.15, 0.2) is 36.9 Å². The molecular weight excluding hydrogens is 131 g/mol. The minimum atomic E-state index is 0. The molecule has 0 aliphatic heterocycles. The molecule has 11 heavy (non-hydrogen) atoms. The predicted molar refractivity (Wildman–Crippen MR) is 41.0 cm³/mol. The summed E-state index contributed by atoms with van der Waals surface area (Å²) in [6, 6.07) is 10.3. The maximum atomic E-state index is 5.21. The first-order valence-electron chi connectivity index (χ1n) is 3.13. The number of benzene rings is 1. The van der Waals surface area contributed by atoms with Gasteiger partial charge in [0, 0.05) is 5.75 Å². The molecule has 1 nitrogen and oxygen atoms in total. The molecule has 0 aliphatic carbocycles. The van der Waals surface area contributed by atoms with Gasteiger partial charge in [0.15, 0.2) is 0 Å². The van der Waals surface area contributed by atoms with Crippen molar-refractivity contribution in [2.75, 3.05) is 6.61 Å². The van der Waals surface area contributed by atoms with Crippen LogP contribution in [0.2, 0.25) is 0 Å². The summed E-state index contributed by atoms with van der Waals surface area (Å²) < 4.78 is 5.21. The predicted octanol–water partition coefficient (Wildman–Crippen LogP) is -0.944. The van der Waals surface area contributed by atoms with Crippen molar-refractivity contribution in [3.8, 4) is 5.75 Å². The summed E-state index contributed by atoms with van der Waals surface area (Å²) in [7, 11) is 0. The topological polar surface area (TPSA) is 9.23 Å². The van der Waals surface area contributed by atoms with Gasteiger partial charge in [-0.15, -0.1) is 12.1 Å². The van der Waals surface area contributed by atoms with Crippen LogP contribution in [0.25, 0.3) is 0 Å².